The van der Waals surface area contributed by atoms with E-state index in [1.807, 2.05) is 0 Å². The Hall–Kier alpha value is -4.08. The monoisotopic (exact) mass is 1900 g/mol. The maximum Gasteiger partial charge on any atom is 0.217 e. The van der Waals surface area contributed by atoms with E-state index in [4.69, 9.17) is 94.7 Å². The smallest absolute Gasteiger partial charge is 0.217 e. The van der Waals surface area contributed by atoms with Gasteiger partial charge in [0.15, 0.2) is 62.9 Å². The van der Waals surface area contributed by atoms with Crippen LogP contribution in [0.1, 0.15) is 41.5 Å². The fourth-order valence-corrected chi connectivity index (χ4v) is 16.5. The number of aliphatic hydroxyl groups excluding tert-OH is 29. The molecular formula is C73H124N4O53. The van der Waals surface area contributed by atoms with Gasteiger partial charge in [-0.2, -0.15) is 0 Å². The van der Waals surface area contributed by atoms with Crippen LogP contribution in [0.15, 0.2) is 0 Å². The number of amides is 4. The Kier molecular flexibility index (Phi) is 39.5. The van der Waals surface area contributed by atoms with Gasteiger partial charge in [-0.25, -0.2) is 0 Å². The fourth-order valence-electron chi connectivity index (χ4n) is 16.5. The average molecular weight is 1910 g/mol. The summed E-state index contributed by atoms with van der Waals surface area (Å²) in [5, 5.41) is 336. The average Bonchev–Trinajstić information content (AvgIpc) is 0.744. The van der Waals surface area contributed by atoms with Crippen molar-refractivity contribution >= 4 is 23.6 Å². The molecule has 10 saturated heterocycles. The van der Waals surface area contributed by atoms with E-state index in [-0.39, 0.29) is 0 Å². The SMILES string of the molecule is CC(=O)N[C@H]1[C@H](O[C@@H]2[C@@H](OC[C@H]3O[C@@H](O[C@H]4[C@H](O)[C@@H](NC(C)=O)[C@H](O[C@@H]([C@H](O[C@@H]5O[C@@H](C)[C@@H](O)[C@@H](O)[C@@H]5O)[C@H](CO)NC(C)=O)[C@H](O)CO)O[C@@H]4CO)[C@@H](O[C@@H]4OC[C@@H](O)[C@H](O)[C@H]4O)[C@@H](O[C@H]4O[C@H](CO)[C@@H](O)[C@H](O)[C@@H]4O[C@@H]4O[C@H](CO)[C@@H](O)[C@H](O)[C@H]4NC(C)=O)[C@@H]3O)O[C@H](CO)[C@@H](O)[C@@H]2O)O[C@H](CO[C@@H]2O[C@@H](C)[C@@H](O)[C@@H](O)[C@@H]2O)[C@@H](O[C@@H]2O[C@H](CO)[C@H](O)[C@H](O)[C@H]2O)[C@@H]1O. The first-order valence-electron chi connectivity index (χ1n) is 41.7. The van der Waals surface area contributed by atoms with E-state index in [0.29, 0.717) is 0 Å². The lowest BCUT2D eigenvalue weighted by Crippen LogP contribution is -2.71. The van der Waals surface area contributed by atoms with Gasteiger partial charge in [-0.05, 0) is 13.8 Å². The summed E-state index contributed by atoms with van der Waals surface area (Å²) in [6, 6.07) is -7.95. The largest absolute Gasteiger partial charge is 0.394 e. The van der Waals surface area contributed by atoms with Crippen LogP contribution in [0.2, 0.25) is 0 Å². The van der Waals surface area contributed by atoms with Crippen LogP contribution in [0.25, 0.3) is 0 Å². The maximum atomic E-state index is 13.5. The molecule has 57 heteroatoms. The summed E-state index contributed by atoms with van der Waals surface area (Å²) in [5.41, 5.74) is 0. The van der Waals surface area contributed by atoms with E-state index < -0.39 is 415 Å². The standard InChI is InChI=1S/C73H124N4O53/c1-17-36(91)47(102)53(108)67(114-17)112-16-32-59(125-70-55(110)49(104)40(95)27(10-81)117-70)46(101)35(77-22(6)88)66(122-32)128-61-50(105)41(96)28(11-82)118-71(61)113-15-31-43(98)60(127-72-62(51(106)42(97)29(12-83)119-72)129-64-33(75-20(4)86)44(99)39(94)26(9-80)116-64)63(130-68-52(107)38(93)25(90)14-111-68)73(121-31)126-58-30(13-84)120-65(34(45(58)100)76-21(5)87)124-57(24(89)8-79)56(23(7-78)74-19(3)85)123-69-54(109)48(103)37(92)18(2)115-69/h17-18,23-73,78-84,89-110H,7-16H2,1-6H3,(H,74,85)(H,75,86)(H,76,87)(H,77,88)/t17-,18-,23-,24+,25+,26+,27+,28+,29+,30+,31+,32+,33+,34+,35+,36+,37+,38-,39+,40-,41+,42+,43+,44+,45+,46+,47+,48+,49-,50-,51-,52+,53-,54-,55+,56+,57+,58+,59+,60-,61-,62-,63-,64-,65-,66-,67+,68-,69-,70-,71-,72+,73-/m0/s1. The van der Waals surface area contributed by atoms with Gasteiger partial charge in [0.25, 0.3) is 0 Å². The molecule has 0 spiro atoms. The predicted octanol–water partition coefficient (Wildman–Crippen LogP) is -22.1. The molecule has 0 bridgehead atoms. The van der Waals surface area contributed by atoms with Gasteiger partial charge in [-0.15, -0.1) is 0 Å². The summed E-state index contributed by atoms with van der Waals surface area (Å²) in [6.45, 7) is -5.57. The van der Waals surface area contributed by atoms with Crippen molar-refractivity contribution < 1.29 is 262 Å². The minimum absolute atomic E-state index is 0.864. The number of carbonyl (C=O) groups excluding carboxylic acids is 4. The topological polar surface area (TPSA) is 888 Å². The van der Waals surface area contributed by atoms with Crippen LogP contribution in [-0.2, 0) is 114 Å². The molecule has 53 atom stereocenters. The van der Waals surface area contributed by atoms with Gasteiger partial charge >= 0.3 is 0 Å². The summed E-state index contributed by atoms with van der Waals surface area (Å²) < 4.78 is 122. The number of aliphatic hydroxyl groups is 29. The molecule has 10 fully saturated rings. The van der Waals surface area contributed by atoms with Crippen molar-refractivity contribution in [2.24, 2.45) is 0 Å². The predicted molar refractivity (Wildman–Crippen MR) is 402 cm³/mol. The second kappa shape index (κ2) is 47.5. The van der Waals surface area contributed by atoms with Crippen molar-refractivity contribution in [2.75, 3.05) is 66.1 Å². The molecule has 0 aromatic carbocycles. The number of hydrogen-bond acceptors (Lipinski definition) is 53. The number of hydrogen-bond donors (Lipinski definition) is 33. The Balaban J connectivity index is 1.07. The molecule has 10 heterocycles. The minimum Gasteiger partial charge on any atom is -0.394 e. The minimum atomic E-state index is -2.65. The Bertz CT molecular complexity index is 3500. The van der Waals surface area contributed by atoms with Crippen LogP contribution in [-0.4, -0.2) is 563 Å². The molecule has 0 aromatic heterocycles. The molecule has 33 N–H and O–H groups in total. The second-order valence-corrected chi connectivity index (χ2v) is 33.1. The summed E-state index contributed by atoms with van der Waals surface area (Å²) >= 11 is 0. The first-order chi connectivity index (χ1) is 61.4. The number of nitrogens with one attached hydrogen (secondary N) is 4. The van der Waals surface area contributed by atoms with Gasteiger partial charge in [0, 0.05) is 27.7 Å². The molecule has 10 aliphatic heterocycles. The van der Waals surface area contributed by atoms with Gasteiger partial charge < -0.3 is 264 Å². The fraction of sp³-hybridized carbons (Fsp3) is 0.945. The molecule has 0 aliphatic carbocycles. The lowest BCUT2D eigenvalue weighted by molar-refractivity contribution is -0.411. The molecule has 10 rings (SSSR count). The van der Waals surface area contributed by atoms with Crippen LogP contribution in [0.3, 0.4) is 0 Å². The third kappa shape index (κ3) is 24.4. The summed E-state index contributed by atoms with van der Waals surface area (Å²) in [6.07, 6.45) is -106. The van der Waals surface area contributed by atoms with E-state index in [1.54, 1.807) is 0 Å². The van der Waals surface area contributed by atoms with Crippen molar-refractivity contribution in [1.82, 2.24) is 21.3 Å². The van der Waals surface area contributed by atoms with Gasteiger partial charge in [0.2, 0.25) is 23.6 Å². The Morgan fingerprint density at radius 1 is 0.300 bits per heavy atom. The highest BCUT2D eigenvalue weighted by molar-refractivity contribution is 5.74. The van der Waals surface area contributed by atoms with Crippen LogP contribution < -0.4 is 21.3 Å². The van der Waals surface area contributed by atoms with E-state index in [0.717, 1.165) is 27.7 Å². The number of carbonyl (C=O) groups is 4. The normalized spacial score (nSPS) is 47.8. The summed E-state index contributed by atoms with van der Waals surface area (Å²) in [7, 11) is 0. The Labute approximate surface area is 737 Å². The molecule has 754 valence electrons. The van der Waals surface area contributed by atoms with Crippen molar-refractivity contribution in [3.05, 3.63) is 0 Å². The van der Waals surface area contributed by atoms with Gasteiger partial charge in [-0.3, -0.25) is 19.2 Å². The quantitative estimate of drug-likeness (QED) is 0.0277. The summed E-state index contributed by atoms with van der Waals surface area (Å²) in [4.78, 5) is 52.3. The molecular weight excluding hydrogens is 1780 g/mol. The zero-order valence-corrected chi connectivity index (χ0v) is 70.4. The lowest BCUT2D eigenvalue weighted by atomic mass is 9.94. The third-order valence-electron chi connectivity index (χ3n) is 23.8. The molecule has 0 unspecified atom stereocenters. The molecule has 4 amide bonds. The highest BCUT2D eigenvalue weighted by atomic mass is 16.8. The number of rotatable bonds is 36. The summed E-state index contributed by atoms with van der Waals surface area (Å²) in [5.74, 6) is -3.95. The third-order valence-corrected chi connectivity index (χ3v) is 23.8. The van der Waals surface area contributed by atoms with Crippen molar-refractivity contribution in [2.45, 2.75) is 367 Å². The zero-order chi connectivity index (χ0) is 96.0. The van der Waals surface area contributed by atoms with Gasteiger partial charge in [0.1, 0.15) is 244 Å². The van der Waals surface area contributed by atoms with Crippen LogP contribution in [0.4, 0.5) is 0 Å². The molecule has 10 aliphatic rings. The van der Waals surface area contributed by atoms with E-state index in [2.05, 4.69) is 21.3 Å². The van der Waals surface area contributed by atoms with Crippen LogP contribution in [0, 0.1) is 0 Å². The van der Waals surface area contributed by atoms with E-state index in [9.17, 15) is 167 Å². The zero-order valence-electron chi connectivity index (χ0n) is 70.4. The number of ether oxygens (including phenoxy) is 20. The Morgan fingerprint density at radius 2 is 0.662 bits per heavy atom. The molecule has 0 radical (unpaired) electrons. The first kappa shape index (κ1) is 108. The van der Waals surface area contributed by atoms with Gasteiger partial charge in [0.05, 0.1) is 84.3 Å². The molecule has 57 nitrogen and oxygen atoms in total. The van der Waals surface area contributed by atoms with Crippen LogP contribution in [0.5, 0.6) is 0 Å². The highest BCUT2D eigenvalue weighted by Gasteiger charge is 2.62. The lowest BCUT2D eigenvalue weighted by Gasteiger charge is -2.52. The maximum absolute atomic E-state index is 13.5. The van der Waals surface area contributed by atoms with Crippen LogP contribution >= 0.6 is 0 Å². The van der Waals surface area contributed by atoms with E-state index in [1.165, 1.54) is 13.8 Å². The van der Waals surface area contributed by atoms with Gasteiger partial charge in [-0.1, -0.05) is 0 Å². The molecule has 0 saturated carbocycles. The van der Waals surface area contributed by atoms with Crippen molar-refractivity contribution in [3.63, 3.8) is 0 Å². The molecule has 130 heavy (non-hydrogen) atoms. The second-order valence-electron chi connectivity index (χ2n) is 33.1. The highest BCUT2D eigenvalue weighted by Crippen LogP contribution is 2.42. The van der Waals surface area contributed by atoms with E-state index >= 15 is 0 Å². The van der Waals surface area contributed by atoms with Crippen molar-refractivity contribution in [3.8, 4) is 0 Å². The Morgan fingerprint density at radius 3 is 1.18 bits per heavy atom. The first-order valence-corrected chi connectivity index (χ1v) is 41.7. The molecule has 0 aromatic rings. The van der Waals surface area contributed by atoms with Crippen molar-refractivity contribution in [1.29, 1.82) is 0 Å².